The smallest absolute Gasteiger partial charge is 0.410 e. The molecule has 200 valence electrons. The number of nitrogens with two attached hydrogens (primary N) is 1. The SMILES string of the molecule is Nc1nc(C#CCC2CCN(C(=O)Oc3ccc(Cl)cc3)CC2)nc2c1ncn2[C@@H]1O[C@H](CO)[C@H](O)C1O. The van der Waals surface area contributed by atoms with Crippen molar-refractivity contribution >= 4 is 34.7 Å². The Morgan fingerprint density at radius 2 is 1.92 bits per heavy atom. The number of nitrogen functional groups attached to an aromatic ring is 1. The van der Waals surface area contributed by atoms with Crippen LogP contribution in [0.3, 0.4) is 0 Å². The number of carbonyl (C=O) groups excluding carboxylic acids is 1. The second kappa shape index (κ2) is 11.1. The Bertz CT molecular complexity index is 1360. The zero-order valence-electron chi connectivity index (χ0n) is 20.3. The first-order valence-electron chi connectivity index (χ1n) is 12.2. The van der Waals surface area contributed by atoms with Crippen molar-refractivity contribution in [3.63, 3.8) is 0 Å². The molecular formula is C25H27ClN6O6. The average Bonchev–Trinajstić information content (AvgIpc) is 3.46. The first-order valence-corrected chi connectivity index (χ1v) is 12.6. The van der Waals surface area contributed by atoms with Crippen LogP contribution in [-0.4, -0.2) is 83.8 Å². The number of anilines is 1. The summed E-state index contributed by atoms with van der Waals surface area (Å²) in [5, 5.41) is 30.4. The zero-order chi connectivity index (χ0) is 26.8. The maximum absolute atomic E-state index is 12.4. The number of likely N-dealkylation sites (tertiary alicyclic amines) is 1. The van der Waals surface area contributed by atoms with Gasteiger partial charge in [0.2, 0.25) is 5.82 Å². The van der Waals surface area contributed by atoms with Gasteiger partial charge in [-0.1, -0.05) is 17.5 Å². The second-order valence-electron chi connectivity index (χ2n) is 9.24. The van der Waals surface area contributed by atoms with Crippen molar-refractivity contribution in [1.29, 1.82) is 0 Å². The molecule has 13 heteroatoms. The topological polar surface area (TPSA) is 169 Å². The predicted octanol–water partition coefficient (Wildman–Crippen LogP) is 1.33. The molecular weight excluding hydrogens is 516 g/mol. The Balaban J connectivity index is 1.20. The molecule has 0 radical (unpaired) electrons. The Kier molecular flexibility index (Phi) is 7.64. The summed E-state index contributed by atoms with van der Waals surface area (Å²) < 4.78 is 12.4. The Morgan fingerprint density at radius 1 is 1.18 bits per heavy atom. The minimum Gasteiger partial charge on any atom is -0.410 e. The molecule has 5 N–H and O–H groups in total. The molecule has 2 fully saturated rings. The monoisotopic (exact) mass is 542 g/mol. The van der Waals surface area contributed by atoms with E-state index in [4.69, 9.17) is 26.8 Å². The van der Waals surface area contributed by atoms with Gasteiger partial charge in [0.15, 0.2) is 17.7 Å². The van der Waals surface area contributed by atoms with Crippen LogP contribution in [0.1, 0.15) is 31.3 Å². The summed E-state index contributed by atoms with van der Waals surface area (Å²) in [6.07, 6.45) is -1.32. The van der Waals surface area contributed by atoms with Crippen LogP contribution >= 0.6 is 11.6 Å². The van der Waals surface area contributed by atoms with Gasteiger partial charge in [-0.15, -0.1) is 0 Å². The van der Waals surface area contributed by atoms with Crippen molar-refractivity contribution in [2.24, 2.45) is 5.92 Å². The molecule has 4 atom stereocenters. The Morgan fingerprint density at radius 3 is 2.61 bits per heavy atom. The van der Waals surface area contributed by atoms with E-state index in [0.717, 1.165) is 12.8 Å². The quantitative estimate of drug-likeness (QED) is 0.353. The number of halogens is 1. The van der Waals surface area contributed by atoms with Gasteiger partial charge >= 0.3 is 6.09 Å². The van der Waals surface area contributed by atoms with Gasteiger partial charge in [-0.2, -0.15) is 0 Å². The fourth-order valence-corrected chi connectivity index (χ4v) is 4.68. The Labute approximate surface area is 223 Å². The number of aromatic nitrogens is 4. The molecule has 3 aromatic rings. The summed E-state index contributed by atoms with van der Waals surface area (Å²) in [4.78, 5) is 27.0. The molecule has 5 rings (SSSR count). The molecule has 1 aromatic carbocycles. The third-order valence-corrected chi connectivity index (χ3v) is 6.97. The van der Waals surface area contributed by atoms with E-state index >= 15 is 0 Å². The second-order valence-corrected chi connectivity index (χ2v) is 9.68. The summed E-state index contributed by atoms with van der Waals surface area (Å²) in [5.41, 5.74) is 6.67. The highest BCUT2D eigenvalue weighted by molar-refractivity contribution is 6.30. The highest BCUT2D eigenvalue weighted by Gasteiger charge is 2.44. The van der Waals surface area contributed by atoms with Crippen LogP contribution in [0, 0.1) is 17.8 Å². The molecule has 2 aliphatic heterocycles. The van der Waals surface area contributed by atoms with Gasteiger partial charge in [-0.25, -0.2) is 19.7 Å². The van der Waals surface area contributed by atoms with Crippen LogP contribution in [0.4, 0.5) is 10.6 Å². The lowest BCUT2D eigenvalue weighted by Crippen LogP contribution is -2.40. The van der Waals surface area contributed by atoms with E-state index in [1.165, 1.54) is 10.9 Å². The summed E-state index contributed by atoms with van der Waals surface area (Å²) in [5.74, 6) is 7.10. The first kappa shape index (κ1) is 26.1. The lowest BCUT2D eigenvalue weighted by atomic mass is 9.94. The van der Waals surface area contributed by atoms with Gasteiger partial charge < -0.3 is 35.4 Å². The number of hydrogen-bond acceptors (Lipinski definition) is 10. The van der Waals surface area contributed by atoms with E-state index in [1.807, 2.05) is 0 Å². The number of imidazole rings is 1. The van der Waals surface area contributed by atoms with E-state index < -0.39 is 31.1 Å². The molecule has 0 bridgehead atoms. The number of carbonyl (C=O) groups is 1. The van der Waals surface area contributed by atoms with Crippen molar-refractivity contribution in [3.8, 4) is 17.6 Å². The standard InChI is InChI=1S/C25H27ClN6O6/c26-15-4-6-16(7-5-15)37-25(36)31-10-8-14(9-11-31)2-1-3-18-29-22(27)19-23(30-18)32(13-28-19)24-21(35)20(34)17(12-33)38-24/h4-7,13-14,17,20-21,24,33-35H,2,8-12H2,(H2,27,29,30)/t17-,20+,21?,24-/m1/s1. The number of fused-ring (bicyclic) bond motifs is 1. The molecule has 0 spiro atoms. The van der Waals surface area contributed by atoms with Crippen molar-refractivity contribution in [2.75, 3.05) is 25.4 Å². The normalized spacial score (nSPS) is 23.8. The van der Waals surface area contributed by atoms with Crippen LogP contribution in [0.5, 0.6) is 5.75 Å². The number of aliphatic hydroxyl groups excluding tert-OH is 3. The molecule has 2 saturated heterocycles. The Hall–Kier alpha value is -3.47. The molecule has 38 heavy (non-hydrogen) atoms. The van der Waals surface area contributed by atoms with Crippen LogP contribution < -0.4 is 10.5 Å². The van der Waals surface area contributed by atoms with Gasteiger partial charge in [0.05, 0.1) is 12.9 Å². The number of aliphatic hydroxyl groups is 3. The maximum Gasteiger partial charge on any atom is 0.415 e. The molecule has 2 aromatic heterocycles. The average molecular weight is 543 g/mol. The number of rotatable bonds is 4. The van der Waals surface area contributed by atoms with E-state index in [1.54, 1.807) is 29.2 Å². The van der Waals surface area contributed by atoms with Crippen molar-refractivity contribution in [1.82, 2.24) is 24.4 Å². The van der Waals surface area contributed by atoms with Crippen LogP contribution in [0.2, 0.25) is 5.02 Å². The largest absolute Gasteiger partial charge is 0.415 e. The number of piperidine rings is 1. The van der Waals surface area contributed by atoms with Crippen molar-refractivity contribution in [3.05, 3.63) is 41.4 Å². The summed E-state index contributed by atoms with van der Waals surface area (Å²) in [6, 6.07) is 6.64. The zero-order valence-corrected chi connectivity index (χ0v) is 21.0. The van der Waals surface area contributed by atoms with Crippen LogP contribution in [0.25, 0.3) is 11.2 Å². The fraction of sp³-hybridized carbons (Fsp3) is 0.440. The number of ether oxygens (including phenoxy) is 2. The minimum absolute atomic E-state index is 0.123. The van der Waals surface area contributed by atoms with Crippen LogP contribution in [0.15, 0.2) is 30.6 Å². The van der Waals surface area contributed by atoms with Gasteiger partial charge in [0, 0.05) is 24.5 Å². The highest BCUT2D eigenvalue weighted by Crippen LogP contribution is 2.32. The van der Waals surface area contributed by atoms with Gasteiger partial charge in [0.1, 0.15) is 29.6 Å². The van der Waals surface area contributed by atoms with Crippen molar-refractivity contribution in [2.45, 2.75) is 43.8 Å². The predicted molar refractivity (Wildman–Crippen MR) is 136 cm³/mol. The third kappa shape index (κ3) is 5.38. The highest BCUT2D eigenvalue weighted by atomic mass is 35.5. The lowest BCUT2D eigenvalue weighted by molar-refractivity contribution is -0.0511. The number of nitrogens with zero attached hydrogens (tertiary/aromatic N) is 5. The first-order chi connectivity index (χ1) is 18.3. The lowest BCUT2D eigenvalue weighted by Gasteiger charge is -2.30. The fourth-order valence-electron chi connectivity index (χ4n) is 4.55. The summed E-state index contributed by atoms with van der Waals surface area (Å²) >= 11 is 5.87. The molecule has 1 amide bonds. The van der Waals surface area contributed by atoms with Gasteiger partial charge in [0.25, 0.3) is 0 Å². The summed E-state index contributed by atoms with van der Waals surface area (Å²) in [7, 11) is 0. The molecule has 4 heterocycles. The molecule has 1 unspecified atom stereocenters. The van der Waals surface area contributed by atoms with Gasteiger partial charge in [-0.05, 0) is 48.9 Å². The third-order valence-electron chi connectivity index (χ3n) is 6.72. The number of amides is 1. The maximum atomic E-state index is 12.4. The van der Waals surface area contributed by atoms with Gasteiger partial charge in [-0.3, -0.25) is 4.57 Å². The molecule has 2 aliphatic rings. The number of benzene rings is 1. The molecule has 0 aliphatic carbocycles. The van der Waals surface area contributed by atoms with E-state index in [-0.39, 0.29) is 17.7 Å². The van der Waals surface area contributed by atoms with E-state index in [0.29, 0.717) is 47.4 Å². The van der Waals surface area contributed by atoms with E-state index in [9.17, 15) is 20.1 Å². The number of hydrogen-bond donors (Lipinski definition) is 4. The summed E-state index contributed by atoms with van der Waals surface area (Å²) in [6.45, 7) is 0.688. The van der Waals surface area contributed by atoms with E-state index in [2.05, 4.69) is 26.8 Å². The molecule has 0 saturated carbocycles. The molecule has 12 nitrogen and oxygen atoms in total. The van der Waals surface area contributed by atoms with Crippen LogP contribution in [-0.2, 0) is 4.74 Å². The minimum atomic E-state index is -1.29. The van der Waals surface area contributed by atoms with Crippen molar-refractivity contribution < 1.29 is 29.6 Å².